The Labute approximate surface area is 142 Å². The quantitative estimate of drug-likeness (QED) is 0.662. The van der Waals surface area contributed by atoms with Crippen LogP contribution in [0.2, 0.25) is 0 Å². The van der Waals surface area contributed by atoms with E-state index in [-0.39, 0.29) is 5.75 Å². The van der Waals surface area contributed by atoms with Crippen LogP contribution in [-0.4, -0.2) is 46.8 Å². The van der Waals surface area contributed by atoms with Gasteiger partial charge in [-0.15, -0.1) is 0 Å². The van der Waals surface area contributed by atoms with Crippen LogP contribution in [0.4, 0.5) is 5.82 Å². The molecule has 0 saturated heterocycles. The summed E-state index contributed by atoms with van der Waals surface area (Å²) in [5.41, 5.74) is 1.97. The van der Waals surface area contributed by atoms with E-state index in [4.69, 9.17) is 0 Å². The summed E-state index contributed by atoms with van der Waals surface area (Å²) in [6, 6.07) is 1.81. The number of aryl methyl sites for hydroxylation is 1. The van der Waals surface area contributed by atoms with Gasteiger partial charge >= 0.3 is 0 Å². The van der Waals surface area contributed by atoms with Gasteiger partial charge in [-0.2, -0.15) is 0 Å². The predicted octanol–water partition coefficient (Wildman–Crippen LogP) is 1.41. The van der Waals surface area contributed by atoms with E-state index in [1.165, 1.54) is 6.33 Å². The Bertz CT molecular complexity index is 772. The highest BCUT2D eigenvalue weighted by molar-refractivity contribution is 7.89. The summed E-state index contributed by atoms with van der Waals surface area (Å²) >= 11 is 0. The van der Waals surface area contributed by atoms with Gasteiger partial charge in [-0.1, -0.05) is 13.3 Å². The summed E-state index contributed by atoms with van der Waals surface area (Å²) in [4.78, 5) is 12.7. The minimum atomic E-state index is -3.19. The van der Waals surface area contributed by atoms with Crippen molar-refractivity contribution in [1.29, 1.82) is 0 Å². The number of imidazole rings is 1. The molecule has 0 bridgehead atoms. The molecule has 0 aliphatic heterocycles. The Morgan fingerprint density at radius 3 is 2.62 bits per heavy atom. The number of hydrogen-bond donors (Lipinski definition) is 2. The van der Waals surface area contributed by atoms with Crippen LogP contribution in [0.5, 0.6) is 0 Å². The molecule has 2 N–H and O–H groups in total. The average Bonchev–Trinajstić information content (AvgIpc) is 2.89. The van der Waals surface area contributed by atoms with Crippen molar-refractivity contribution in [3.63, 3.8) is 0 Å². The molecule has 0 aromatic carbocycles. The van der Waals surface area contributed by atoms with Gasteiger partial charge in [0.15, 0.2) is 0 Å². The lowest BCUT2D eigenvalue weighted by Gasteiger charge is -2.09. The maximum Gasteiger partial charge on any atom is 0.211 e. The second kappa shape index (κ2) is 8.20. The third-order valence-electron chi connectivity index (χ3n) is 3.67. The first kappa shape index (κ1) is 18.3. The van der Waals surface area contributed by atoms with Gasteiger partial charge in [0.05, 0.1) is 11.4 Å². The molecule has 0 spiro atoms. The molecule has 2 aromatic heterocycles. The number of anilines is 1. The molecular weight excluding hydrogens is 328 g/mol. The zero-order valence-corrected chi connectivity index (χ0v) is 15.1. The molecule has 0 radical (unpaired) electrons. The van der Waals surface area contributed by atoms with Crippen LogP contribution in [-0.2, 0) is 10.0 Å². The van der Waals surface area contributed by atoms with E-state index in [1.807, 2.05) is 25.3 Å². The van der Waals surface area contributed by atoms with Gasteiger partial charge in [0.2, 0.25) is 10.0 Å². The van der Waals surface area contributed by atoms with Crippen molar-refractivity contribution in [2.24, 2.45) is 0 Å². The molecule has 2 rings (SSSR count). The van der Waals surface area contributed by atoms with Crippen molar-refractivity contribution in [2.75, 3.05) is 24.2 Å². The molecule has 0 unspecified atom stereocenters. The monoisotopic (exact) mass is 352 g/mol. The first-order chi connectivity index (χ1) is 11.4. The molecule has 2 heterocycles. The molecule has 0 saturated carbocycles. The largest absolute Gasteiger partial charge is 0.369 e. The van der Waals surface area contributed by atoms with Crippen molar-refractivity contribution in [2.45, 2.75) is 33.6 Å². The Balaban J connectivity index is 1.90. The van der Waals surface area contributed by atoms with Crippen molar-refractivity contribution < 1.29 is 8.42 Å². The molecule has 8 nitrogen and oxygen atoms in total. The van der Waals surface area contributed by atoms with Crippen LogP contribution in [0.3, 0.4) is 0 Å². The smallest absolute Gasteiger partial charge is 0.211 e. The van der Waals surface area contributed by atoms with E-state index < -0.39 is 10.0 Å². The standard InChI is InChI=1S/C15H24N6O2S/c1-4-5-8-24(22,23)20-7-6-16-14-9-15(18-10-17-14)21-11-19-12(2)13(21)3/h9-11,20H,4-8H2,1-3H3,(H,16,17,18). The predicted molar refractivity (Wildman–Crippen MR) is 93.8 cm³/mol. The molecular formula is C15H24N6O2S. The number of nitrogens with one attached hydrogen (secondary N) is 2. The maximum absolute atomic E-state index is 11.7. The Kier molecular flexibility index (Phi) is 6.27. The number of nitrogens with zero attached hydrogens (tertiary/aromatic N) is 4. The fraction of sp³-hybridized carbons (Fsp3) is 0.533. The number of hydrogen-bond acceptors (Lipinski definition) is 6. The van der Waals surface area contributed by atoms with Crippen LogP contribution in [0.15, 0.2) is 18.7 Å². The van der Waals surface area contributed by atoms with Gasteiger partial charge in [-0.3, -0.25) is 4.57 Å². The van der Waals surface area contributed by atoms with E-state index in [0.29, 0.717) is 31.1 Å². The maximum atomic E-state index is 11.7. The van der Waals surface area contributed by atoms with Crippen LogP contribution in [0.1, 0.15) is 31.2 Å². The number of rotatable bonds is 9. The number of sulfonamides is 1. The molecule has 2 aromatic rings. The Morgan fingerprint density at radius 2 is 1.96 bits per heavy atom. The molecule has 0 aliphatic rings. The molecule has 132 valence electrons. The molecule has 0 fully saturated rings. The van der Waals surface area contributed by atoms with E-state index in [1.54, 1.807) is 12.4 Å². The lowest BCUT2D eigenvalue weighted by atomic mass is 10.4. The zero-order chi connectivity index (χ0) is 17.6. The highest BCUT2D eigenvalue weighted by Gasteiger charge is 2.09. The molecule has 0 amide bonds. The van der Waals surface area contributed by atoms with E-state index in [2.05, 4.69) is 25.0 Å². The Hall–Kier alpha value is -2.00. The summed E-state index contributed by atoms with van der Waals surface area (Å²) in [7, 11) is -3.19. The fourth-order valence-corrected chi connectivity index (χ4v) is 3.33. The van der Waals surface area contributed by atoms with Gasteiger partial charge in [0.1, 0.15) is 24.3 Å². The summed E-state index contributed by atoms with van der Waals surface area (Å²) in [6.07, 6.45) is 4.72. The van der Waals surface area contributed by atoms with Gasteiger partial charge in [-0.05, 0) is 20.3 Å². The molecule has 0 atom stereocenters. The van der Waals surface area contributed by atoms with Gasteiger partial charge in [-0.25, -0.2) is 28.1 Å². The summed E-state index contributed by atoms with van der Waals surface area (Å²) < 4.78 is 27.9. The highest BCUT2D eigenvalue weighted by Crippen LogP contribution is 2.13. The first-order valence-corrected chi connectivity index (χ1v) is 9.62. The van der Waals surface area contributed by atoms with E-state index in [0.717, 1.165) is 17.8 Å². The minimum absolute atomic E-state index is 0.167. The molecule has 9 heteroatoms. The average molecular weight is 352 g/mol. The molecule has 0 aliphatic carbocycles. The summed E-state index contributed by atoms with van der Waals surface area (Å²) in [5, 5.41) is 3.10. The topological polar surface area (TPSA) is 102 Å². The minimum Gasteiger partial charge on any atom is -0.369 e. The Morgan fingerprint density at radius 1 is 1.17 bits per heavy atom. The number of aromatic nitrogens is 4. The lowest BCUT2D eigenvalue weighted by Crippen LogP contribution is -2.31. The SMILES string of the molecule is CCCCS(=O)(=O)NCCNc1cc(-n2cnc(C)c2C)ncn1. The third kappa shape index (κ3) is 5.00. The second-order valence-electron chi connectivity index (χ2n) is 5.54. The summed E-state index contributed by atoms with van der Waals surface area (Å²) in [5.74, 6) is 1.52. The zero-order valence-electron chi connectivity index (χ0n) is 14.3. The fourth-order valence-electron chi connectivity index (χ4n) is 2.11. The molecule has 24 heavy (non-hydrogen) atoms. The van der Waals surface area contributed by atoms with Crippen LogP contribution < -0.4 is 10.0 Å². The van der Waals surface area contributed by atoms with Crippen molar-refractivity contribution in [3.05, 3.63) is 30.1 Å². The summed E-state index contributed by atoms with van der Waals surface area (Å²) in [6.45, 7) is 6.64. The van der Waals surface area contributed by atoms with Gasteiger partial charge < -0.3 is 5.32 Å². The second-order valence-corrected chi connectivity index (χ2v) is 7.47. The highest BCUT2D eigenvalue weighted by atomic mass is 32.2. The van der Waals surface area contributed by atoms with Gasteiger partial charge in [0, 0.05) is 24.8 Å². The van der Waals surface area contributed by atoms with Gasteiger partial charge in [0.25, 0.3) is 0 Å². The normalized spacial score (nSPS) is 11.6. The van der Waals surface area contributed by atoms with E-state index >= 15 is 0 Å². The van der Waals surface area contributed by atoms with Crippen molar-refractivity contribution >= 4 is 15.8 Å². The third-order valence-corrected chi connectivity index (χ3v) is 5.14. The number of unbranched alkanes of at least 4 members (excludes halogenated alkanes) is 1. The van der Waals surface area contributed by atoms with Crippen molar-refractivity contribution in [3.8, 4) is 5.82 Å². The first-order valence-electron chi connectivity index (χ1n) is 7.97. The lowest BCUT2D eigenvalue weighted by molar-refractivity contribution is 0.579. The van der Waals surface area contributed by atoms with Crippen molar-refractivity contribution in [1.82, 2.24) is 24.2 Å². The van der Waals surface area contributed by atoms with E-state index in [9.17, 15) is 8.42 Å². The van der Waals surface area contributed by atoms with Crippen LogP contribution >= 0.6 is 0 Å². The van der Waals surface area contributed by atoms with Crippen LogP contribution in [0.25, 0.3) is 5.82 Å². The van der Waals surface area contributed by atoms with Crippen LogP contribution in [0, 0.1) is 13.8 Å².